The van der Waals surface area contributed by atoms with E-state index in [0.29, 0.717) is 17.4 Å². The predicted octanol–water partition coefficient (Wildman–Crippen LogP) is 6.85. The summed E-state index contributed by atoms with van der Waals surface area (Å²) in [6.45, 7) is 14.9. The fourth-order valence-electron chi connectivity index (χ4n) is 6.42. The molecule has 2 aliphatic rings. The molecule has 1 N–H and O–H groups in total. The highest BCUT2D eigenvalue weighted by Crippen LogP contribution is 2.43. The highest BCUT2D eigenvalue weighted by Gasteiger charge is 2.35. The van der Waals surface area contributed by atoms with E-state index in [4.69, 9.17) is 4.74 Å². The number of aliphatic hydroxyl groups excluding tert-OH is 1. The van der Waals surface area contributed by atoms with Gasteiger partial charge in [-0.1, -0.05) is 47.5 Å². The van der Waals surface area contributed by atoms with Crippen LogP contribution in [-0.4, -0.2) is 23.9 Å². The van der Waals surface area contributed by atoms with Crippen molar-refractivity contribution in [2.45, 2.75) is 118 Å². The molecule has 0 spiro atoms. The molecule has 0 heterocycles. The van der Waals surface area contributed by atoms with E-state index in [1.54, 1.807) is 0 Å². The van der Waals surface area contributed by atoms with Gasteiger partial charge in [0.1, 0.15) is 0 Å². The lowest BCUT2D eigenvalue weighted by Crippen LogP contribution is -2.34. The summed E-state index contributed by atoms with van der Waals surface area (Å²) in [6, 6.07) is 0. The van der Waals surface area contributed by atoms with Crippen LogP contribution in [0.5, 0.6) is 0 Å². The smallest absolute Gasteiger partial charge is 0.0577 e. The Morgan fingerprint density at radius 3 is 2.41 bits per heavy atom. The quantitative estimate of drug-likeness (QED) is 0.499. The summed E-state index contributed by atoms with van der Waals surface area (Å²) in [4.78, 5) is 0. The van der Waals surface area contributed by atoms with Crippen molar-refractivity contribution in [3.05, 3.63) is 0 Å². The van der Waals surface area contributed by atoms with Gasteiger partial charge in [-0.05, 0) is 93.3 Å². The third-order valence-corrected chi connectivity index (χ3v) is 7.51. The van der Waals surface area contributed by atoms with Gasteiger partial charge in [0.2, 0.25) is 0 Å². The van der Waals surface area contributed by atoms with Crippen LogP contribution in [0.25, 0.3) is 0 Å². The van der Waals surface area contributed by atoms with Gasteiger partial charge in [-0.2, -0.15) is 0 Å². The molecule has 2 rings (SSSR count). The van der Waals surface area contributed by atoms with Crippen molar-refractivity contribution >= 4 is 0 Å². The van der Waals surface area contributed by atoms with Gasteiger partial charge in [-0.15, -0.1) is 0 Å². The first-order valence-electron chi connectivity index (χ1n) is 12.0. The first kappa shape index (κ1) is 23.2. The lowest BCUT2D eigenvalue weighted by molar-refractivity contribution is -0.00322. The Kier molecular flexibility index (Phi) is 9.13. The predicted molar refractivity (Wildman–Crippen MR) is 116 cm³/mol. The molecule has 27 heavy (non-hydrogen) atoms. The van der Waals surface area contributed by atoms with Crippen molar-refractivity contribution in [1.82, 2.24) is 0 Å². The Bertz CT molecular complexity index is 411. The van der Waals surface area contributed by atoms with Crippen LogP contribution in [0.3, 0.4) is 0 Å². The van der Waals surface area contributed by atoms with Crippen molar-refractivity contribution in [3.63, 3.8) is 0 Å². The van der Waals surface area contributed by atoms with Crippen molar-refractivity contribution in [3.8, 4) is 0 Å². The minimum absolute atomic E-state index is 0.0666. The largest absolute Gasteiger partial charge is 0.393 e. The SMILES string of the molecule is CCO[C@H]1CCC[C@H](C(CC)C(C)CC2CCC(O)C(CC(C)(C)C)C2)C1. The van der Waals surface area contributed by atoms with E-state index in [9.17, 15) is 5.11 Å². The first-order chi connectivity index (χ1) is 12.7. The maximum Gasteiger partial charge on any atom is 0.0577 e. The van der Waals surface area contributed by atoms with Crippen LogP contribution in [0.2, 0.25) is 0 Å². The normalized spacial score (nSPS) is 35.0. The van der Waals surface area contributed by atoms with E-state index in [1.807, 2.05) is 0 Å². The van der Waals surface area contributed by atoms with Gasteiger partial charge in [0.25, 0.3) is 0 Å². The Morgan fingerprint density at radius 1 is 1.04 bits per heavy atom. The van der Waals surface area contributed by atoms with Crippen LogP contribution in [0.4, 0.5) is 0 Å². The van der Waals surface area contributed by atoms with Crippen LogP contribution < -0.4 is 0 Å². The summed E-state index contributed by atoms with van der Waals surface area (Å²) in [7, 11) is 0. The molecule has 2 heteroatoms. The zero-order valence-corrected chi connectivity index (χ0v) is 19.2. The molecular weight excluding hydrogens is 332 g/mol. The lowest BCUT2D eigenvalue weighted by atomic mass is 9.67. The molecular formula is C25H48O2. The average molecular weight is 381 g/mol. The number of ether oxygens (including phenoxy) is 1. The van der Waals surface area contributed by atoms with Crippen molar-refractivity contribution in [1.29, 1.82) is 0 Å². The molecule has 2 fully saturated rings. The molecule has 0 saturated heterocycles. The van der Waals surface area contributed by atoms with Gasteiger partial charge < -0.3 is 9.84 Å². The Balaban J connectivity index is 1.90. The molecule has 5 unspecified atom stereocenters. The highest BCUT2D eigenvalue weighted by molar-refractivity contribution is 4.86. The average Bonchev–Trinajstić information content (AvgIpc) is 2.58. The zero-order valence-electron chi connectivity index (χ0n) is 19.2. The van der Waals surface area contributed by atoms with Gasteiger partial charge >= 0.3 is 0 Å². The second-order valence-electron chi connectivity index (χ2n) is 11.1. The molecule has 0 aromatic rings. The first-order valence-corrected chi connectivity index (χ1v) is 12.0. The van der Waals surface area contributed by atoms with E-state index in [0.717, 1.165) is 43.1 Å². The lowest BCUT2D eigenvalue weighted by Gasteiger charge is -2.41. The van der Waals surface area contributed by atoms with Gasteiger partial charge in [-0.3, -0.25) is 0 Å². The molecule has 0 bridgehead atoms. The minimum atomic E-state index is -0.0666. The van der Waals surface area contributed by atoms with E-state index in [-0.39, 0.29) is 6.10 Å². The van der Waals surface area contributed by atoms with Crippen molar-refractivity contribution < 1.29 is 9.84 Å². The molecule has 2 aliphatic carbocycles. The number of aliphatic hydroxyl groups is 1. The Morgan fingerprint density at radius 2 is 1.78 bits per heavy atom. The fourth-order valence-corrected chi connectivity index (χ4v) is 6.42. The van der Waals surface area contributed by atoms with Crippen LogP contribution >= 0.6 is 0 Å². The molecule has 0 aromatic carbocycles. The van der Waals surface area contributed by atoms with Crippen molar-refractivity contribution in [2.75, 3.05) is 6.61 Å². The summed E-state index contributed by atoms with van der Waals surface area (Å²) >= 11 is 0. The molecule has 7 atom stereocenters. The minimum Gasteiger partial charge on any atom is -0.393 e. The summed E-state index contributed by atoms with van der Waals surface area (Å²) in [6.07, 6.45) is 13.1. The summed E-state index contributed by atoms with van der Waals surface area (Å²) in [5.74, 6) is 3.83. The van der Waals surface area contributed by atoms with E-state index >= 15 is 0 Å². The number of hydrogen-bond donors (Lipinski definition) is 1. The monoisotopic (exact) mass is 380 g/mol. The third kappa shape index (κ3) is 7.35. The van der Waals surface area contributed by atoms with Gasteiger partial charge in [0, 0.05) is 6.61 Å². The van der Waals surface area contributed by atoms with E-state index in [2.05, 4.69) is 41.5 Å². The van der Waals surface area contributed by atoms with E-state index < -0.39 is 0 Å². The van der Waals surface area contributed by atoms with Gasteiger partial charge in [0.05, 0.1) is 12.2 Å². The number of rotatable bonds is 8. The number of hydrogen-bond acceptors (Lipinski definition) is 2. The fraction of sp³-hybridized carbons (Fsp3) is 1.00. The standard InChI is InChI=1S/C25H48O2/c1-7-23(20-10-9-11-22(16-20)27-8-2)18(3)14-19-12-13-24(26)21(15-19)17-25(4,5)6/h18-24,26H,7-17H2,1-6H3/t18?,19?,20-,21?,22-,23?,24?/m0/s1. The van der Waals surface area contributed by atoms with Gasteiger partial charge in [0.15, 0.2) is 0 Å². The molecule has 0 aromatic heterocycles. The molecule has 0 amide bonds. The van der Waals surface area contributed by atoms with Crippen LogP contribution in [0.1, 0.15) is 106 Å². The second-order valence-corrected chi connectivity index (χ2v) is 11.1. The topological polar surface area (TPSA) is 29.5 Å². The molecule has 0 radical (unpaired) electrons. The van der Waals surface area contributed by atoms with E-state index in [1.165, 1.54) is 51.4 Å². The second kappa shape index (κ2) is 10.6. The van der Waals surface area contributed by atoms with Crippen LogP contribution in [0, 0.1) is 35.0 Å². The molecule has 0 aliphatic heterocycles. The summed E-state index contributed by atoms with van der Waals surface area (Å²) in [5.41, 5.74) is 0.321. The Labute approximate surface area is 169 Å². The maximum absolute atomic E-state index is 10.5. The summed E-state index contributed by atoms with van der Waals surface area (Å²) in [5, 5.41) is 10.5. The Hall–Kier alpha value is -0.0800. The van der Waals surface area contributed by atoms with Gasteiger partial charge in [-0.25, -0.2) is 0 Å². The highest BCUT2D eigenvalue weighted by atomic mass is 16.5. The third-order valence-electron chi connectivity index (χ3n) is 7.51. The molecule has 160 valence electrons. The van der Waals surface area contributed by atoms with Crippen LogP contribution in [0.15, 0.2) is 0 Å². The maximum atomic E-state index is 10.5. The molecule has 2 saturated carbocycles. The zero-order chi connectivity index (χ0) is 20.0. The van der Waals surface area contributed by atoms with Crippen molar-refractivity contribution in [2.24, 2.45) is 35.0 Å². The van der Waals surface area contributed by atoms with Crippen LogP contribution in [-0.2, 0) is 4.74 Å². The molecule has 2 nitrogen and oxygen atoms in total. The summed E-state index contributed by atoms with van der Waals surface area (Å²) < 4.78 is 5.98.